The van der Waals surface area contributed by atoms with Crippen molar-refractivity contribution in [2.24, 2.45) is 5.73 Å². The SMILES string of the molecule is CCCC[C@H](N)C(=O)N(C)C(C)c1ccccc1Cl. The van der Waals surface area contributed by atoms with Gasteiger partial charge in [0.05, 0.1) is 12.1 Å². The summed E-state index contributed by atoms with van der Waals surface area (Å²) in [6, 6.07) is 7.08. The van der Waals surface area contributed by atoms with E-state index in [-0.39, 0.29) is 11.9 Å². The van der Waals surface area contributed by atoms with Crippen LogP contribution in [0.2, 0.25) is 5.02 Å². The number of nitrogens with two attached hydrogens (primary N) is 1. The monoisotopic (exact) mass is 282 g/mol. The first-order chi connectivity index (χ1) is 8.99. The molecule has 0 bridgehead atoms. The maximum Gasteiger partial charge on any atom is 0.239 e. The van der Waals surface area contributed by atoms with Crippen molar-refractivity contribution in [3.8, 4) is 0 Å². The van der Waals surface area contributed by atoms with Gasteiger partial charge >= 0.3 is 0 Å². The molecule has 1 aromatic carbocycles. The second-order valence-corrected chi connectivity index (χ2v) is 5.30. The fourth-order valence-electron chi connectivity index (χ4n) is 2.02. The van der Waals surface area contributed by atoms with Gasteiger partial charge in [-0.3, -0.25) is 4.79 Å². The van der Waals surface area contributed by atoms with E-state index in [2.05, 4.69) is 6.92 Å². The lowest BCUT2D eigenvalue weighted by molar-refractivity contribution is -0.133. The van der Waals surface area contributed by atoms with Crippen LogP contribution in [0.15, 0.2) is 24.3 Å². The summed E-state index contributed by atoms with van der Waals surface area (Å²) in [6.07, 6.45) is 2.75. The van der Waals surface area contributed by atoms with Gasteiger partial charge in [0.1, 0.15) is 0 Å². The molecule has 0 radical (unpaired) electrons. The zero-order valence-electron chi connectivity index (χ0n) is 11.9. The summed E-state index contributed by atoms with van der Waals surface area (Å²) in [7, 11) is 1.78. The molecule has 1 amide bonds. The second-order valence-electron chi connectivity index (χ2n) is 4.90. The van der Waals surface area contributed by atoms with Crippen LogP contribution in [0.4, 0.5) is 0 Å². The molecule has 19 heavy (non-hydrogen) atoms. The van der Waals surface area contributed by atoms with E-state index in [1.54, 1.807) is 11.9 Å². The van der Waals surface area contributed by atoms with Gasteiger partial charge in [0.25, 0.3) is 0 Å². The van der Waals surface area contributed by atoms with E-state index in [1.807, 2.05) is 31.2 Å². The number of hydrogen-bond donors (Lipinski definition) is 1. The van der Waals surface area contributed by atoms with Crippen LogP contribution in [0.25, 0.3) is 0 Å². The van der Waals surface area contributed by atoms with Gasteiger partial charge < -0.3 is 10.6 Å². The summed E-state index contributed by atoms with van der Waals surface area (Å²) in [6.45, 7) is 4.05. The first kappa shape index (κ1) is 16.0. The predicted molar refractivity (Wildman–Crippen MR) is 80.1 cm³/mol. The highest BCUT2D eigenvalue weighted by Crippen LogP contribution is 2.26. The average molecular weight is 283 g/mol. The first-order valence-corrected chi connectivity index (χ1v) is 7.13. The molecule has 0 saturated carbocycles. The molecule has 0 fully saturated rings. The van der Waals surface area contributed by atoms with Gasteiger partial charge in [-0.1, -0.05) is 49.6 Å². The summed E-state index contributed by atoms with van der Waals surface area (Å²) in [5, 5.41) is 0.678. The van der Waals surface area contributed by atoms with Crippen molar-refractivity contribution in [2.45, 2.75) is 45.2 Å². The van der Waals surface area contributed by atoms with E-state index >= 15 is 0 Å². The summed E-state index contributed by atoms with van der Waals surface area (Å²) >= 11 is 6.16. The Morgan fingerprint density at radius 3 is 2.63 bits per heavy atom. The van der Waals surface area contributed by atoms with Gasteiger partial charge in [-0.2, -0.15) is 0 Å². The molecule has 2 atom stereocenters. The third-order valence-electron chi connectivity index (χ3n) is 3.47. The molecule has 4 heteroatoms. The second kappa shape index (κ2) is 7.51. The van der Waals surface area contributed by atoms with Crippen LogP contribution < -0.4 is 5.73 Å². The van der Waals surface area contributed by atoms with Crippen LogP contribution in [0, 0.1) is 0 Å². The Labute approximate surface area is 120 Å². The lowest BCUT2D eigenvalue weighted by Gasteiger charge is -2.28. The number of carbonyl (C=O) groups is 1. The fourth-order valence-corrected chi connectivity index (χ4v) is 2.32. The summed E-state index contributed by atoms with van der Waals surface area (Å²) in [5.74, 6) is -0.0270. The molecule has 0 aromatic heterocycles. The van der Waals surface area contributed by atoms with E-state index in [4.69, 9.17) is 17.3 Å². The minimum absolute atomic E-state index is 0.0270. The Bertz CT molecular complexity index is 422. The molecule has 1 aromatic rings. The number of nitrogens with zero attached hydrogens (tertiary/aromatic N) is 1. The van der Waals surface area contributed by atoms with E-state index in [1.165, 1.54) is 0 Å². The van der Waals surface area contributed by atoms with E-state index < -0.39 is 6.04 Å². The number of amides is 1. The molecule has 0 heterocycles. The highest BCUT2D eigenvalue weighted by atomic mass is 35.5. The number of benzene rings is 1. The number of hydrogen-bond acceptors (Lipinski definition) is 2. The van der Waals surface area contributed by atoms with E-state index in [0.717, 1.165) is 24.8 Å². The summed E-state index contributed by atoms with van der Waals surface area (Å²) in [5.41, 5.74) is 6.88. The minimum atomic E-state index is -0.421. The Morgan fingerprint density at radius 1 is 1.42 bits per heavy atom. The zero-order chi connectivity index (χ0) is 14.4. The van der Waals surface area contributed by atoms with Crippen molar-refractivity contribution in [2.75, 3.05) is 7.05 Å². The average Bonchev–Trinajstić information content (AvgIpc) is 2.42. The van der Waals surface area contributed by atoms with Crippen molar-refractivity contribution in [3.05, 3.63) is 34.9 Å². The molecule has 106 valence electrons. The minimum Gasteiger partial charge on any atom is -0.338 e. The molecule has 0 saturated heterocycles. The molecular weight excluding hydrogens is 260 g/mol. The van der Waals surface area contributed by atoms with Crippen molar-refractivity contribution in [3.63, 3.8) is 0 Å². The van der Waals surface area contributed by atoms with Crippen LogP contribution in [0.5, 0.6) is 0 Å². The lowest BCUT2D eigenvalue weighted by Crippen LogP contribution is -2.42. The molecule has 0 aliphatic carbocycles. The Hall–Kier alpha value is -1.06. The molecule has 1 unspecified atom stereocenters. The van der Waals surface area contributed by atoms with Crippen LogP contribution >= 0.6 is 11.6 Å². The topological polar surface area (TPSA) is 46.3 Å². The maximum absolute atomic E-state index is 12.2. The van der Waals surface area contributed by atoms with Gasteiger partial charge in [0.15, 0.2) is 0 Å². The van der Waals surface area contributed by atoms with Crippen LogP contribution in [0.3, 0.4) is 0 Å². The van der Waals surface area contributed by atoms with Gasteiger partial charge in [-0.05, 0) is 25.0 Å². The lowest BCUT2D eigenvalue weighted by atomic mass is 10.0. The largest absolute Gasteiger partial charge is 0.338 e. The number of rotatable bonds is 6. The molecule has 2 N–H and O–H groups in total. The fraction of sp³-hybridized carbons (Fsp3) is 0.533. The Balaban J connectivity index is 2.74. The zero-order valence-corrected chi connectivity index (χ0v) is 12.7. The highest BCUT2D eigenvalue weighted by Gasteiger charge is 2.23. The first-order valence-electron chi connectivity index (χ1n) is 6.75. The number of halogens is 1. The van der Waals surface area contributed by atoms with Gasteiger partial charge in [-0.25, -0.2) is 0 Å². The highest BCUT2D eigenvalue weighted by molar-refractivity contribution is 6.31. The van der Waals surface area contributed by atoms with Crippen molar-refractivity contribution >= 4 is 17.5 Å². The maximum atomic E-state index is 12.2. The van der Waals surface area contributed by atoms with Crippen molar-refractivity contribution in [1.82, 2.24) is 4.90 Å². The number of likely N-dealkylation sites (N-methyl/N-ethyl adjacent to an activating group) is 1. The third-order valence-corrected chi connectivity index (χ3v) is 3.81. The molecule has 0 aliphatic rings. The van der Waals surface area contributed by atoms with Crippen LogP contribution in [0.1, 0.15) is 44.7 Å². The van der Waals surface area contributed by atoms with Gasteiger partial charge in [0.2, 0.25) is 5.91 Å². The standard InChI is InChI=1S/C15H23ClN2O/c1-4-5-10-14(17)15(19)18(3)11(2)12-8-6-7-9-13(12)16/h6-9,11,14H,4-5,10,17H2,1-3H3/t11?,14-/m0/s1. The normalized spacial score (nSPS) is 13.9. The summed E-state index contributed by atoms with van der Waals surface area (Å²) < 4.78 is 0. The summed E-state index contributed by atoms with van der Waals surface area (Å²) in [4.78, 5) is 13.9. The van der Waals surface area contributed by atoms with Crippen LogP contribution in [-0.4, -0.2) is 23.9 Å². The van der Waals surface area contributed by atoms with E-state index in [0.29, 0.717) is 5.02 Å². The van der Waals surface area contributed by atoms with Gasteiger partial charge in [-0.15, -0.1) is 0 Å². The third kappa shape index (κ3) is 4.22. The quantitative estimate of drug-likeness (QED) is 0.869. The predicted octanol–water partition coefficient (Wildman–Crippen LogP) is 3.38. The van der Waals surface area contributed by atoms with Crippen LogP contribution in [-0.2, 0) is 4.79 Å². The molecule has 3 nitrogen and oxygen atoms in total. The number of carbonyl (C=O) groups excluding carboxylic acids is 1. The molecule has 0 aliphatic heterocycles. The Kier molecular flexibility index (Phi) is 6.32. The molecule has 1 rings (SSSR count). The van der Waals surface area contributed by atoms with E-state index in [9.17, 15) is 4.79 Å². The van der Waals surface area contributed by atoms with Crippen molar-refractivity contribution in [1.29, 1.82) is 0 Å². The molecule has 0 spiro atoms. The smallest absolute Gasteiger partial charge is 0.239 e. The Morgan fingerprint density at radius 2 is 2.05 bits per heavy atom. The number of unbranched alkanes of at least 4 members (excludes halogenated alkanes) is 1. The van der Waals surface area contributed by atoms with Crippen molar-refractivity contribution < 1.29 is 4.79 Å². The molecular formula is C15H23ClN2O. The van der Waals surface area contributed by atoms with Gasteiger partial charge in [0, 0.05) is 12.1 Å².